The minimum Gasteiger partial charge on any atom is -0.427 e. The molecule has 2 heterocycles. The fourth-order valence-electron chi connectivity index (χ4n) is 1.78. The number of hydrogen-bond donors (Lipinski definition) is 1. The molecule has 7 nitrogen and oxygen atoms in total. The zero-order valence-corrected chi connectivity index (χ0v) is 10.4. The molecule has 1 amide bonds. The van der Waals surface area contributed by atoms with Crippen molar-refractivity contribution < 1.29 is 9.21 Å². The van der Waals surface area contributed by atoms with Crippen molar-refractivity contribution in [2.24, 2.45) is 19.8 Å². The Hall–Kier alpha value is -2.02. The van der Waals surface area contributed by atoms with Crippen LogP contribution in [0.25, 0.3) is 11.1 Å². The maximum atomic E-state index is 12.0. The van der Waals surface area contributed by atoms with Crippen molar-refractivity contribution in [3.8, 4) is 0 Å². The molecule has 0 radical (unpaired) electrons. The number of carbonyl (C=O) groups is 1. The van der Waals surface area contributed by atoms with Gasteiger partial charge in [-0.15, -0.1) is 0 Å². The molecule has 0 aliphatic heterocycles. The van der Waals surface area contributed by atoms with E-state index < -0.39 is 17.2 Å². The third-order valence-electron chi connectivity index (χ3n) is 2.69. The Morgan fingerprint density at radius 1 is 1.33 bits per heavy atom. The van der Waals surface area contributed by atoms with E-state index in [4.69, 9.17) is 21.8 Å². The third-order valence-corrected chi connectivity index (χ3v) is 2.99. The number of aryl methyl sites for hydroxylation is 1. The van der Waals surface area contributed by atoms with Gasteiger partial charge in [-0.05, 0) is 11.6 Å². The summed E-state index contributed by atoms with van der Waals surface area (Å²) in [6.45, 7) is 0. The van der Waals surface area contributed by atoms with Crippen LogP contribution in [0.5, 0.6) is 0 Å². The third kappa shape index (κ3) is 1.63. The molecule has 8 heteroatoms. The lowest BCUT2D eigenvalue weighted by atomic mass is 10.2. The predicted octanol–water partition coefficient (Wildman–Crippen LogP) is -0.489. The monoisotopic (exact) mass is 271 g/mol. The van der Waals surface area contributed by atoms with E-state index in [0.29, 0.717) is 0 Å². The zero-order chi connectivity index (χ0) is 13.6. The molecule has 0 spiro atoms. The number of nitrogens with zero attached hydrogens (tertiary/aromatic N) is 2. The van der Waals surface area contributed by atoms with E-state index >= 15 is 0 Å². The number of halogens is 1. The van der Waals surface area contributed by atoms with Crippen molar-refractivity contribution in [2.75, 3.05) is 0 Å². The second kappa shape index (κ2) is 4.02. The van der Waals surface area contributed by atoms with Crippen molar-refractivity contribution >= 4 is 28.6 Å². The minimum absolute atomic E-state index is 0.0318. The number of rotatable bonds is 2. The highest BCUT2D eigenvalue weighted by Gasteiger charge is 2.21. The van der Waals surface area contributed by atoms with E-state index in [1.54, 1.807) is 0 Å². The smallest absolute Gasteiger partial charge is 0.333 e. The van der Waals surface area contributed by atoms with Gasteiger partial charge in [0.25, 0.3) is 5.56 Å². The zero-order valence-electron chi connectivity index (χ0n) is 9.69. The molecule has 2 rings (SSSR count). The first-order valence-corrected chi connectivity index (χ1v) is 5.37. The van der Waals surface area contributed by atoms with Crippen LogP contribution in [-0.2, 0) is 25.3 Å². The quantitative estimate of drug-likeness (QED) is 0.796. The summed E-state index contributed by atoms with van der Waals surface area (Å²) in [7, 11) is 2.77. The molecular formula is C10H10ClN3O4. The summed E-state index contributed by atoms with van der Waals surface area (Å²) in [5.41, 5.74) is 4.21. The summed E-state index contributed by atoms with van der Waals surface area (Å²) in [5, 5.41) is -0.00880. The largest absolute Gasteiger partial charge is 0.427 e. The molecule has 0 aromatic carbocycles. The average Bonchev–Trinajstić information content (AvgIpc) is 2.61. The van der Waals surface area contributed by atoms with Crippen LogP contribution in [0, 0.1) is 0 Å². The number of carbonyl (C=O) groups excluding carboxylic acids is 1. The SMILES string of the molecule is Cn1c(=O)c2c(CC(N)=O)c(Cl)oc2n(C)c1=O. The van der Waals surface area contributed by atoms with Crippen LogP contribution in [-0.4, -0.2) is 15.0 Å². The number of fused-ring (bicyclic) bond motifs is 1. The molecule has 0 aliphatic carbocycles. The Bertz CT molecular complexity index is 768. The molecule has 96 valence electrons. The Labute approximate surface area is 105 Å². The fourth-order valence-corrected chi connectivity index (χ4v) is 2.01. The Kier molecular flexibility index (Phi) is 2.78. The maximum absolute atomic E-state index is 12.0. The summed E-state index contributed by atoms with van der Waals surface area (Å²) in [5.74, 6) is -0.643. The van der Waals surface area contributed by atoms with Gasteiger partial charge in [0.2, 0.25) is 16.8 Å². The summed E-state index contributed by atoms with van der Waals surface area (Å²) < 4.78 is 7.22. The van der Waals surface area contributed by atoms with E-state index in [-0.39, 0.29) is 28.3 Å². The summed E-state index contributed by atoms with van der Waals surface area (Å²) in [6.07, 6.45) is -0.223. The van der Waals surface area contributed by atoms with Gasteiger partial charge in [0.15, 0.2) is 0 Å². The van der Waals surface area contributed by atoms with E-state index in [2.05, 4.69) is 0 Å². The number of primary amides is 1. The predicted molar refractivity (Wildman–Crippen MR) is 64.6 cm³/mol. The molecule has 2 N–H and O–H groups in total. The highest BCUT2D eigenvalue weighted by atomic mass is 35.5. The van der Waals surface area contributed by atoms with Gasteiger partial charge in [0, 0.05) is 19.7 Å². The number of aromatic nitrogens is 2. The molecule has 0 bridgehead atoms. The average molecular weight is 272 g/mol. The molecule has 2 aromatic rings. The number of furan rings is 1. The first-order chi connectivity index (χ1) is 8.34. The Morgan fingerprint density at radius 2 is 1.94 bits per heavy atom. The molecule has 18 heavy (non-hydrogen) atoms. The van der Waals surface area contributed by atoms with Gasteiger partial charge >= 0.3 is 5.69 Å². The Balaban J connectivity index is 2.99. The van der Waals surface area contributed by atoms with Crippen molar-refractivity contribution in [3.05, 3.63) is 31.6 Å². The van der Waals surface area contributed by atoms with Crippen LogP contribution in [0.1, 0.15) is 5.56 Å². The molecule has 2 aromatic heterocycles. The fraction of sp³-hybridized carbons (Fsp3) is 0.300. The van der Waals surface area contributed by atoms with E-state index in [0.717, 1.165) is 9.13 Å². The number of nitrogens with two attached hydrogens (primary N) is 1. The topological polar surface area (TPSA) is 100 Å². The molecule has 0 aliphatic rings. The van der Waals surface area contributed by atoms with Crippen LogP contribution in [0.3, 0.4) is 0 Å². The van der Waals surface area contributed by atoms with Crippen LogP contribution < -0.4 is 17.0 Å². The summed E-state index contributed by atoms with van der Waals surface area (Å²) >= 11 is 5.82. The van der Waals surface area contributed by atoms with Crippen molar-refractivity contribution in [1.29, 1.82) is 0 Å². The van der Waals surface area contributed by atoms with Gasteiger partial charge < -0.3 is 10.2 Å². The van der Waals surface area contributed by atoms with Gasteiger partial charge in [0.1, 0.15) is 5.39 Å². The minimum atomic E-state index is -0.643. The van der Waals surface area contributed by atoms with Crippen molar-refractivity contribution in [1.82, 2.24) is 9.13 Å². The number of hydrogen-bond acceptors (Lipinski definition) is 4. The van der Waals surface area contributed by atoms with Crippen LogP contribution in [0.4, 0.5) is 0 Å². The summed E-state index contributed by atoms with van der Waals surface area (Å²) in [6, 6.07) is 0. The van der Waals surface area contributed by atoms with Gasteiger partial charge in [-0.3, -0.25) is 18.7 Å². The van der Waals surface area contributed by atoms with Gasteiger partial charge in [-0.1, -0.05) is 0 Å². The highest BCUT2D eigenvalue weighted by Crippen LogP contribution is 2.26. The lowest BCUT2D eigenvalue weighted by molar-refractivity contribution is -0.117. The molecule has 0 saturated carbocycles. The lowest BCUT2D eigenvalue weighted by Crippen LogP contribution is -2.36. The normalized spacial score (nSPS) is 11.1. The molecule has 0 saturated heterocycles. The first kappa shape index (κ1) is 12.4. The molecule has 0 atom stereocenters. The van der Waals surface area contributed by atoms with Gasteiger partial charge in [-0.2, -0.15) is 0 Å². The van der Waals surface area contributed by atoms with Crippen LogP contribution >= 0.6 is 11.6 Å². The van der Waals surface area contributed by atoms with Gasteiger partial charge in [-0.25, -0.2) is 4.79 Å². The lowest BCUT2D eigenvalue weighted by Gasteiger charge is -2.02. The molecule has 0 unspecified atom stereocenters. The second-order valence-electron chi connectivity index (χ2n) is 3.88. The van der Waals surface area contributed by atoms with Crippen LogP contribution in [0.2, 0.25) is 5.22 Å². The molecule has 0 fully saturated rings. The van der Waals surface area contributed by atoms with Gasteiger partial charge in [0.05, 0.1) is 6.42 Å². The first-order valence-electron chi connectivity index (χ1n) is 4.99. The number of amides is 1. The van der Waals surface area contributed by atoms with Crippen molar-refractivity contribution in [3.63, 3.8) is 0 Å². The maximum Gasteiger partial charge on any atom is 0.333 e. The molecular weight excluding hydrogens is 262 g/mol. The highest BCUT2D eigenvalue weighted by molar-refractivity contribution is 6.31. The second-order valence-corrected chi connectivity index (χ2v) is 4.23. The van der Waals surface area contributed by atoms with Crippen LogP contribution in [0.15, 0.2) is 14.0 Å². The summed E-state index contributed by atoms with van der Waals surface area (Å²) in [4.78, 5) is 34.6. The standard InChI is InChI=1S/C10H10ClN3O4/c1-13-8(16)6-4(3-5(12)15)7(11)18-9(6)14(2)10(13)17/h3H2,1-2H3,(H2,12,15). The van der Waals surface area contributed by atoms with E-state index in [1.165, 1.54) is 14.1 Å². The van der Waals surface area contributed by atoms with E-state index in [1.807, 2.05) is 0 Å². The van der Waals surface area contributed by atoms with E-state index in [9.17, 15) is 14.4 Å². The van der Waals surface area contributed by atoms with Crippen molar-refractivity contribution in [2.45, 2.75) is 6.42 Å². The Morgan fingerprint density at radius 3 is 2.50 bits per heavy atom.